The van der Waals surface area contributed by atoms with Gasteiger partial charge in [-0.1, -0.05) is 6.92 Å². The zero-order valence-electron chi connectivity index (χ0n) is 13.2. The average Bonchev–Trinajstić information content (AvgIpc) is 2.64. The molecule has 0 aliphatic heterocycles. The lowest BCUT2D eigenvalue weighted by Crippen LogP contribution is -2.32. The summed E-state index contributed by atoms with van der Waals surface area (Å²) >= 11 is 0. The number of hydrogen-bond acceptors (Lipinski definition) is 2. The smallest absolute Gasteiger partial charge is 0.253 e. The lowest BCUT2D eigenvalue weighted by molar-refractivity contribution is 0.0953. The van der Waals surface area contributed by atoms with Crippen molar-refractivity contribution in [2.24, 2.45) is 0 Å². The van der Waals surface area contributed by atoms with E-state index >= 15 is 0 Å². The summed E-state index contributed by atoms with van der Waals surface area (Å²) in [6, 6.07) is 2.36. The Morgan fingerprint density at radius 1 is 1.25 bits per heavy atom. The molecule has 1 rings (SSSR count). The van der Waals surface area contributed by atoms with Gasteiger partial charge in [-0.15, -0.1) is 12.4 Å². The van der Waals surface area contributed by atoms with Gasteiger partial charge in [0.1, 0.15) is 0 Å². The first-order valence-corrected chi connectivity index (χ1v) is 7.16. The van der Waals surface area contributed by atoms with Gasteiger partial charge >= 0.3 is 0 Å². The number of halogens is 1. The fourth-order valence-corrected chi connectivity index (χ4v) is 2.46. The number of rotatable bonds is 7. The molecule has 0 radical (unpaired) electrons. The number of aromatic nitrogens is 1. The van der Waals surface area contributed by atoms with Crippen molar-refractivity contribution in [2.75, 3.05) is 19.6 Å². The van der Waals surface area contributed by atoms with Crippen molar-refractivity contribution in [3.05, 3.63) is 23.0 Å². The number of carbonyl (C=O) groups is 1. The van der Waals surface area contributed by atoms with Crippen molar-refractivity contribution >= 4 is 18.3 Å². The summed E-state index contributed by atoms with van der Waals surface area (Å²) in [5.41, 5.74) is 2.98. The fourth-order valence-electron chi connectivity index (χ4n) is 2.46. The van der Waals surface area contributed by atoms with Crippen LogP contribution in [0.1, 0.15) is 55.0 Å². The van der Waals surface area contributed by atoms with E-state index < -0.39 is 0 Å². The Morgan fingerprint density at radius 2 is 1.90 bits per heavy atom. The molecule has 0 aliphatic carbocycles. The van der Waals surface area contributed by atoms with Gasteiger partial charge in [-0.2, -0.15) is 0 Å². The minimum Gasteiger partial charge on any atom is -0.351 e. The van der Waals surface area contributed by atoms with Crippen LogP contribution in [0.5, 0.6) is 0 Å². The molecule has 0 saturated carbocycles. The number of aryl methyl sites for hydroxylation is 1. The monoisotopic (exact) mass is 301 g/mol. The van der Waals surface area contributed by atoms with Crippen LogP contribution in [0.25, 0.3) is 0 Å². The zero-order chi connectivity index (χ0) is 14.4. The predicted molar refractivity (Wildman–Crippen MR) is 87.0 cm³/mol. The van der Waals surface area contributed by atoms with Crippen LogP contribution in [0, 0.1) is 13.8 Å². The summed E-state index contributed by atoms with van der Waals surface area (Å²) in [6.45, 7) is 13.0. The van der Waals surface area contributed by atoms with Crippen LogP contribution in [0.2, 0.25) is 0 Å². The average molecular weight is 302 g/mol. The predicted octanol–water partition coefficient (Wildman–Crippen LogP) is 2.84. The molecule has 116 valence electrons. The van der Waals surface area contributed by atoms with Gasteiger partial charge < -0.3 is 15.2 Å². The molecule has 0 atom stereocenters. The van der Waals surface area contributed by atoms with E-state index in [9.17, 15) is 4.79 Å². The topological polar surface area (TPSA) is 46.1 Å². The third kappa shape index (κ3) is 4.84. The SMILES string of the molecule is CCCNCCNC(=O)c1cc(C)n(C(C)C)c1C.Cl. The van der Waals surface area contributed by atoms with Gasteiger partial charge in [0, 0.05) is 30.5 Å². The molecule has 0 bridgehead atoms. The molecule has 0 aromatic carbocycles. The number of nitrogens with zero attached hydrogens (tertiary/aromatic N) is 1. The Labute approximate surface area is 128 Å². The van der Waals surface area contributed by atoms with E-state index in [1.54, 1.807) is 0 Å². The summed E-state index contributed by atoms with van der Waals surface area (Å²) in [6.07, 6.45) is 1.11. The van der Waals surface area contributed by atoms with Crippen LogP contribution < -0.4 is 10.6 Å². The lowest BCUT2D eigenvalue weighted by Gasteiger charge is -2.13. The molecular weight excluding hydrogens is 274 g/mol. The van der Waals surface area contributed by atoms with E-state index in [0.717, 1.165) is 36.5 Å². The second-order valence-electron chi connectivity index (χ2n) is 5.25. The summed E-state index contributed by atoms with van der Waals surface area (Å²) in [5, 5.41) is 6.23. The van der Waals surface area contributed by atoms with Gasteiger partial charge in [0.2, 0.25) is 0 Å². The maximum absolute atomic E-state index is 12.1. The van der Waals surface area contributed by atoms with E-state index in [1.165, 1.54) is 0 Å². The van der Waals surface area contributed by atoms with Crippen LogP contribution in [-0.4, -0.2) is 30.1 Å². The van der Waals surface area contributed by atoms with Crippen molar-refractivity contribution in [1.29, 1.82) is 0 Å². The first-order valence-electron chi connectivity index (χ1n) is 7.16. The summed E-state index contributed by atoms with van der Waals surface area (Å²) < 4.78 is 2.20. The molecule has 1 amide bonds. The van der Waals surface area contributed by atoms with Crippen LogP contribution in [0.15, 0.2) is 6.07 Å². The molecule has 1 aromatic rings. The standard InChI is InChI=1S/C15H27N3O.ClH/c1-6-7-16-8-9-17-15(19)14-10-12(4)18(11(2)3)13(14)5;/h10-11,16H,6-9H2,1-5H3,(H,17,19);1H. The van der Waals surface area contributed by atoms with Gasteiger partial charge in [0.25, 0.3) is 5.91 Å². The summed E-state index contributed by atoms with van der Waals surface area (Å²) in [5.74, 6) is 0.0262. The van der Waals surface area contributed by atoms with Crippen molar-refractivity contribution in [3.8, 4) is 0 Å². The first-order chi connectivity index (χ1) is 8.99. The molecule has 0 spiro atoms. The molecule has 0 aliphatic rings. The Balaban J connectivity index is 0.00000361. The molecule has 20 heavy (non-hydrogen) atoms. The van der Waals surface area contributed by atoms with E-state index in [4.69, 9.17) is 0 Å². The normalized spacial score (nSPS) is 10.5. The second-order valence-corrected chi connectivity index (χ2v) is 5.25. The number of nitrogens with one attached hydrogen (secondary N) is 2. The second kappa shape index (κ2) is 9.03. The third-order valence-corrected chi connectivity index (χ3v) is 3.26. The summed E-state index contributed by atoms with van der Waals surface area (Å²) in [4.78, 5) is 12.1. The quantitative estimate of drug-likeness (QED) is 0.761. The Bertz CT molecular complexity index is 427. The van der Waals surface area contributed by atoms with Crippen molar-refractivity contribution in [1.82, 2.24) is 15.2 Å². The maximum atomic E-state index is 12.1. The maximum Gasteiger partial charge on any atom is 0.253 e. The highest BCUT2D eigenvalue weighted by Crippen LogP contribution is 2.19. The number of amides is 1. The lowest BCUT2D eigenvalue weighted by atomic mass is 10.2. The van der Waals surface area contributed by atoms with Crippen LogP contribution >= 0.6 is 12.4 Å². The van der Waals surface area contributed by atoms with Crippen LogP contribution in [0.3, 0.4) is 0 Å². The summed E-state index contributed by atoms with van der Waals surface area (Å²) in [7, 11) is 0. The Kier molecular flexibility index (Phi) is 8.58. The van der Waals surface area contributed by atoms with Gasteiger partial charge in [0.05, 0.1) is 5.56 Å². The first kappa shape index (κ1) is 19.0. The van der Waals surface area contributed by atoms with Crippen LogP contribution in [0.4, 0.5) is 0 Å². The van der Waals surface area contributed by atoms with E-state index in [2.05, 4.69) is 36.0 Å². The molecule has 5 heteroatoms. The molecule has 1 heterocycles. The van der Waals surface area contributed by atoms with Crippen molar-refractivity contribution in [3.63, 3.8) is 0 Å². The van der Waals surface area contributed by atoms with Crippen molar-refractivity contribution < 1.29 is 4.79 Å². The number of hydrogen-bond donors (Lipinski definition) is 2. The Hall–Kier alpha value is -1.00. The number of carbonyl (C=O) groups excluding carboxylic acids is 1. The molecule has 0 saturated heterocycles. The van der Waals surface area contributed by atoms with E-state index in [-0.39, 0.29) is 18.3 Å². The highest BCUT2D eigenvalue weighted by molar-refractivity contribution is 5.95. The van der Waals surface area contributed by atoms with E-state index in [1.807, 2.05) is 19.9 Å². The third-order valence-electron chi connectivity index (χ3n) is 3.26. The molecule has 0 unspecified atom stereocenters. The zero-order valence-corrected chi connectivity index (χ0v) is 14.1. The molecule has 2 N–H and O–H groups in total. The molecular formula is C15H28ClN3O. The van der Waals surface area contributed by atoms with Crippen molar-refractivity contribution in [2.45, 2.75) is 47.1 Å². The minimum absolute atomic E-state index is 0. The molecule has 1 aromatic heterocycles. The van der Waals surface area contributed by atoms with Crippen LogP contribution in [-0.2, 0) is 0 Å². The fraction of sp³-hybridized carbons (Fsp3) is 0.667. The largest absolute Gasteiger partial charge is 0.351 e. The minimum atomic E-state index is 0. The van der Waals surface area contributed by atoms with Gasteiger partial charge in [0.15, 0.2) is 0 Å². The Morgan fingerprint density at radius 3 is 2.40 bits per heavy atom. The van der Waals surface area contributed by atoms with E-state index in [0.29, 0.717) is 12.6 Å². The van der Waals surface area contributed by atoms with Gasteiger partial charge in [-0.3, -0.25) is 4.79 Å². The molecule has 4 nitrogen and oxygen atoms in total. The van der Waals surface area contributed by atoms with Gasteiger partial charge in [-0.05, 0) is 46.7 Å². The highest BCUT2D eigenvalue weighted by atomic mass is 35.5. The highest BCUT2D eigenvalue weighted by Gasteiger charge is 2.16. The van der Waals surface area contributed by atoms with Gasteiger partial charge in [-0.25, -0.2) is 0 Å². The molecule has 0 fully saturated rings.